The van der Waals surface area contributed by atoms with Gasteiger partial charge in [0.25, 0.3) is 0 Å². The summed E-state index contributed by atoms with van der Waals surface area (Å²) in [6.07, 6.45) is 0. The van der Waals surface area contributed by atoms with Crippen LogP contribution < -0.4 is 0 Å². The number of phenols is 8. The predicted molar refractivity (Wildman–Crippen MR) is 114 cm³/mol. The zero-order chi connectivity index (χ0) is 24.8. The van der Waals surface area contributed by atoms with Gasteiger partial charge in [0.05, 0.1) is 11.1 Å². The second kappa shape index (κ2) is 8.15. The van der Waals surface area contributed by atoms with Crippen LogP contribution in [0.3, 0.4) is 0 Å². The monoisotopic (exact) mass is 456 g/mol. The Morgan fingerprint density at radius 3 is 1.39 bits per heavy atom. The lowest BCUT2D eigenvalue weighted by Crippen LogP contribution is -2.08. The van der Waals surface area contributed by atoms with E-state index in [-0.39, 0.29) is 16.7 Å². The van der Waals surface area contributed by atoms with Gasteiger partial charge in [-0.25, -0.2) is 0 Å². The third kappa shape index (κ3) is 3.67. The lowest BCUT2D eigenvalue weighted by molar-refractivity contribution is 0.100. The van der Waals surface area contributed by atoms with Crippen molar-refractivity contribution in [1.29, 1.82) is 0 Å². The van der Waals surface area contributed by atoms with Crippen molar-refractivity contribution in [1.82, 2.24) is 0 Å². The first-order valence-electron chi connectivity index (χ1n) is 9.46. The summed E-state index contributed by atoms with van der Waals surface area (Å²) in [4.78, 5) is 24.0. The maximum atomic E-state index is 12.0. The van der Waals surface area contributed by atoms with E-state index in [1.165, 1.54) is 12.1 Å². The van der Waals surface area contributed by atoms with Crippen LogP contribution >= 0.6 is 0 Å². The van der Waals surface area contributed by atoms with E-state index in [9.17, 15) is 50.4 Å². The number of Topliss-reactive ketones (excluding diaryl/α,β-unsaturated/α-hetero) is 2. The number of phenolic OH excluding ortho intramolecular Hbond substituents is 8. The molecule has 0 aliphatic heterocycles. The predicted octanol–water partition coefficient (Wildman–Crippen LogP) is 2.92. The zero-order valence-electron chi connectivity index (χ0n) is 17.4. The topological polar surface area (TPSA) is 196 Å². The summed E-state index contributed by atoms with van der Waals surface area (Å²) in [5.74, 6) is -10.1. The van der Waals surface area contributed by atoms with Gasteiger partial charge in [0.15, 0.2) is 46.1 Å². The number of aromatic hydroxyl groups is 8. The molecule has 0 aliphatic carbocycles. The summed E-state index contributed by atoms with van der Waals surface area (Å²) in [6.45, 7) is 2.15. The molecule has 0 heterocycles. The highest BCUT2D eigenvalue weighted by molar-refractivity contribution is 5.99. The molecule has 0 atom stereocenters. The number of benzene rings is 3. The van der Waals surface area contributed by atoms with Crippen LogP contribution in [-0.4, -0.2) is 52.4 Å². The smallest absolute Gasteiger partial charge is 0.201 e. The Morgan fingerprint density at radius 1 is 0.576 bits per heavy atom. The van der Waals surface area contributed by atoms with E-state index in [4.69, 9.17) is 0 Å². The number of ketones is 2. The van der Waals surface area contributed by atoms with E-state index in [0.29, 0.717) is 0 Å². The Morgan fingerprint density at radius 2 is 1.00 bits per heavy atom. The maximum absolute atomic E-state index is 12.0. The van der Waals surface area contributed by atoms with Crippen molar-refractivity contribution >= 4 is 11.6 Å². The summed E-state index contributed by atoms with van der Waals surface area (Å²) in [7, 11) is 0. The van der Waals surface area contributed by atoms with Gasteiger partial charge in [-0.05, 0) is 32.0 Å². The molecule has 0 aliphatic rings. The molecule has 0 unspecified atom stereocenters. The van der Waals surface area contributed by atoms with Crippen molar-refractivity contribution in [3.05, 3.63) is 58.1 Å². The fraction of sp³-hybridized carbons (Fsp3) is 0.130. The van der Waals surface area contributed by atoms with Gasteiger partial charge in [0, 0.05) is 22.6 Å². The van der Waals surface area contributed by atoms with Crippen LogP contribution in [0.15, 0.2) is 30.3 Å². The van der Waals surface area contributed by atoms with Crippen molar-refractivity contribution < 1.29 is 50.4 Å². The van der Waals surface area contributed by atoms with Gasteiger partial charge < -0.3 is 40.9 Å². The molecule has 8 N–H and O–H groups in total. The quantitative estimate of drug-likeness (QED) is 0.161. The Kier molecular flexibility index (Phi) is 5.70. The molecule has 0 bridgehead atoms. The first kappa shape index (κ1) is 23.1. The molecule has 0 radical (unpaired) electrons. The van der Waals surface area contributed by atoms with Gasteiger partial charge >= 0.3 is 0 Å². The Balaban J connectivity index is 2.52. The molecule has 3 aromatic rings. The average molecular weight is 456 g/mol. The highest BCUT2D eigenvalue weighted by Crippen LogP contribution is 2.53. The Labute approximate surface area is 186 Å². The van der Waals surface area contributed by atoms with E-state index in [1.54, 1.807) is 0 Å². The molecular formula is C23H20O10. The van der Waals surface area contributed by atoms with Gasteiger partial charge in [-0.2, -0.15) is 0 Å². The summed E-state index contributed by atoms with van der Waals surface area (Å²) in [5, 5.41) is 82.3. The summed E-state index contributed by atoms with van der Waals surface area (Å²) >= 11 is 0. The molecule has 0 saturated heterocycles. The molecule has 3 rings (SSSR count). The van der Waals surface area contributed by atoms with Crippen molar-refractivity contribution in [2.75, 3.05) is 0 Å². The van der Waals surface area contributed by atoms with Crippen LogP contribution in [0.25, 0.3) is 0 Å². The van der Waals surface area contributed by atoms with E-state index in [2.05, 4.69) is 0 Å². The maximum Gasteiger partial charge on any atom is 0.201 e. The molecule has 0 spiro atoms. The van der Waals surface area contributed by atoms with Crippen molar-refractivity contribution in [3.8, 4) is 46.0 Å². The lowest BCUT2D eigenvalue weighted by atomic mass is 9.81. The minimum absolute atomic E-state index is 0.181. The SMILES string of the molecule is CC(=O)c1cc(C(c2cccc(O)c2O)c2cc(C(C)=O)c(O)c(O)c2O)c(O)c(O)c1O. The Bertz CT molecular complexity index is 1230. The van der Waals surface area contributed by atoms with E-state index in [1.807, 2.05) is 0 Å². The third-order valence-electron chi connectivity index (χ3n) is 5.29. The summed E-state index contributed by atoms with van der Waals surface area (Å²) < 4.78 is 0. The van der Waals surface area contributed by atoms with Crippen LogP contribution in [0.2, 0.25) is 0 Å². The van der Waals surface area contributed by atoms with E-state index in [0.717, 1.165) is 32.0 Å². The number of rotatable bonds is 5. The fourth-order valence-electron chi connectivity index (χ4n) is 3.60. The van der Waals surface area contributed by atoms with E-state index >= 15 is 0 Å². The Hall–Kier alpha value is -4.60. The summed E-state index contributed by atoms with van der Waals surface area (Å²) in [6, 6.07) is 5.69. The molecule has 172 valence electrons. The highest BCUT2D eigenvalue weighted by atomic mass is 16.3. The molecule has 10 heteroatoms. The van der Waals surface area contributed by atoms with E-state index < -0.39 is 74.6 Å². The highest BCUT2D eigenvalue weighted by Gasteiger charge is 2.33. The van der Waals surface area contributed by atoms with Gasteiger partial charge in [-0.15, -0.1) is 0 Å². The molecule has 33 heavy (non-hydrogen) atoms. The first-order valence-corrected chi connectivity index (χ1v) is 9.46. The number of hydrogen-bond acceptors (Lipinski definition) is 10. The van der Waals surface area contributed by atoms with Gasteiger partial charge in [-0.1, -0.05) is 12.1 Å². The zero-order valence-corrected chi connectivity index (χ0v) is 17.4. The largest absolute Gasteiger partial charge is 0.504 e. The van der Waals surface area contributed by atoms with Crippen molar-refractivity contribution in [2.24, 2.45) is 0 Å². The standard InChI is InChI=1S/C23H20O10/c1-8(24)11-6-13(20(30)22(32)18(11)28)16(10-4-3-5-15(26)17(10)27)14-7-12(9(2)25)19(29)23(33)21(14)31/h3-7,16,26-33H,1-2H3. The minimum atomic E-state index is -1.52. The lowest BCUT2D eigenvalue weighted by Gasteiger charge is -2.24. The van der Waals surface area contributed by atoms with Crippen LogP contribution in [-0.2, 0) is 0 Å². The van der Waals surface area contributed by atoms with Crippen molar-refractivity contribution in [3.63, 3.8) is 0 Å². The average Bonchev–Trinajstić information content (AvgIpc) is 2.75. The number of para-hydroxylation sites is 1. The third-order valence-corrected chi connectivity index (χ3v) is 5.29. The van der Waals surface area contributed by atoms with Gasteiger partial charge in [-0.3, -0.25) is 9.59 Å². The normalized spacial score (nSPS) is 11.0. The number of carbonyl (C=O) groups is 2. The number of carbonyl (C=O) groups excluding carboxylic acids is 2. The number of hydrogen-bond donors (Lipinski definition) is 8. The molecule has 0 aromatic heterocycles. The fourth-order valence-corrected chi connectivity index (χ4v) is 3.60. The summed E-state index contributed by atoms with van der Waals surface area (Å²) in [5.41, 5.74) is -1.70. The van der Waals surface area contributed by atoms with Gasteiger partial charge in [0.1, 0.15) is 0 Å². The van der Waals surface area contributed by atoms with Gasteiger partial charge in [0.2, 0.25) is 11.5 Å². The van der Waals surface area contributed by atoms with Crippen molar-refractivity contribution in [2.45, 2.75) is 19.8 Å². The molecule has 0 saturated carbocycles. The van der Waals surface area contributed by atoms with Crippen LogP contribution in [0.4, 0.5) is 0 Å². The molecule has 10 nitrogen and oxygen atoms in total. The molecule has 0 amide bonds. The second-order valence-corrected chi connectivity index (χ2v) is 7.38. The second-order valence-electron chi connectivity index (χ2n) is 7.38. The molecule has 3 aromatic carbocycles. The van der Waals surface area contributed by atoms with Crippen LogP contribution in [0.1, 0.15) is 57.2 Å². The van der Waals surface area contributed by atoms with Crippen LogP contribution in [0.5, 0.6) is 46.0 Å². The minimum Gasteiger partial charge on any atom is -0.504 e. The molecular weight excluding hydrogens is 436 g/mol. The first-order chi connectivity index (χ1) is 15.4. The van der Waals surface area contributed by atoms with Crippen LogP contribution in [0, 0.1) is 0 Å². The molecule has 0 fully saturated rings.